The van der Waals surface area contributed by atoms with Gasteiger partial charge in [-0.05, 0) is 55.6 Å². The van der Waals surface area contributed by atoms with Gasteiger partial charge >= 0.3 is 5.97 Å². The maximum Gasteiger partial charge on any atom is 0.384 e. The quantitative estimate of drug-likeness (QED) is 0.477. The number of hydrogen-bond donors (Lipinski definition) is 1. The molecule has 29 heavy (non-hydrogen) atoms. The molecule has 1 spiro atoms. The Bertz CT molecular complexity index is 896. The SMILES string of the molecule is CCOC(=O)C#CC1(O)/C(=C/c2ccccc2)CC2CCCCN3C(=O)CCC231. The number of carbonyl (C=O) groups is 2. The fraction of sp³-hybridized carbons (Fsp3) is 0.500. The molecule has 1 aromatic carbocycles. The Balaban J connectivity index is 1.86. The molecule has 1 amide bonds. The first-order chi connectivity index (χ1) is 14.0. The minimum absolute atomic E-state index is 0.0780. The van der Waals surface area contributed by atoms with Gasteiger partial charge in [0.15, 0.2) is 5.60 Å². The molecule has 1 saturated carbocycles. The van der Waals surface area contributed by atoms with Crippen molar-refractivity contribution >= 4 is 18.0 Å². The van der Waals surface area contributed by atoms with Gasteiger partial charge in [-0.15, -0.1) is 0 Å². The van der Waals surface area contributed by atoms with Gasteiger partial charge in [-0.3, -0.25) is 4.79 Å². The molecule has 3 atom stereocenters. The first-order valence-electron chi connectivity index (χ1n) is 10.5. The van der Waals surface area contributed by atoms with Crippen LogP contribution < -0.4 is 0 Å². The molecule has 5 nitrogen and oxygen atoms in total. The minimum Gasteiger partial charge on any atom is -0.456 e. The zero-order valence-electron chi connectivity index (χ0n) is 16.8. The summed E-state index contributed by atoms with van der Waals surface area (Å²) in [5, 5.41) is 12.1. The summed E-state index contributed by atoms with van der Waals surface area (Å²) in [5.74, 6) is 4.97. The van der Waals surface area contributed by atoms with Gasteiger partial charge in [-0.2, -0.15) is 0 Å². The van der Waals surface area contributed by atoms with Crippen molar-refractivity contribution in [3.8, 4) is 11.8 Å². The molecule has 152 valence electrons. The van der Waals surface area contributed by atoms with Crippen LogP contribution in [0.2, 0.25) is 0 Å². The summed E-state index contributed by atoms with van der Waals surface area (Å²) in [6.07, 6.45) is 6.53. The van der Waals surface area contributed by atoms with Crippen LogP contribution in [0.4, 0.5) is 0 Å². The molecule has 5 heteroatoms. The largest absolute Gasteiger partial charge is 0.456 e. The molecule has 1 aromatic rings. The third-order valence-electron chi connectivity index (χ3n) is 6.68. The summed E-state index contributed by atoms with van der Waals surface area (Å²) in [6, 6.07) is 9.81. The monoisotopic (exact) mass is 393 g/mol. The Morgan fingerprint density at radius 3 is 2.90 bits per heavy atom. The standard InChI is InChI=1S/C24H27NO4/c1-2-29-22(27)12-14-24(28)20(16-18-8-4-3-5-9-18)17-19-10-6-7-15-25-21(26)11-13-23(19,24)25/h3-5,8-9,16,19,28H,2,6-7,10-11,13,15,17H2,1H3/b20-16+. The molecule has 2 aliphatic heterocycles. The molecule has 1 N–H and O–H groups in total. The second kappa shape index (κ2) is 7.68. The molecular formula is C24H27NO4. The van der Waals surface area contributed by atoms with E-state index in [-0.39, 0.29) is 18.4 Å². The Labute approximate surface area is 171 Å². The lowest BCUT2D eigenvalue weighted by Crippen LogP contribution is -2.61. The van der Waals surface area contributed by atoms with Gasteiger partial charge in [0.05, 0.1) is 12.1 Å². The number of rotatable bonds is 2. The van der Waals surface area contributed by atoms with E-state index in [0.717, 1.165) is 30.4 Å². The van der Waals surface area contributed by atoms with Gasteiger partial charge in [0.2, 0.25) is 5.91 Å². The predicted octanol–water partition coefficient (Wildman–Crippen LogP) is 2.93. The van der Waals surface area contributed by atoms with Crippen LogP contribution in [0, 0.1) is 17.8 Å². The summed E-state index contributed by atoms with van der Waals surface area (Å²) in [7, 11) is 0. The molecule has 2 saturated heterocycles. The summed E-state index contributed by atoms with van der Waals surface area (Å²) in [5.41, 5.74) is -0.563. The highest BCUT2D eigenvalue weighted by atomic mass is 16.5. The van der Waals surface area contributed by atoms with Gasteiger partial charge in [-0.25, -0.2) is 4.79 Å². The number of esters is 1. The van der Waals surface area contributed by atoms with Crippen molar-refractivity contribution in [1.29, 1.82) is 0 Å². The number of aliphatic hydroxyl groups is 1. The van der Waals surface area contributed by atoms with Gasteiger partial charge < -0.3 is 14.7 Å². The number of hydrogen-bond acceptors (Lipinski definition) is 4. The van der Waals surface area contributed by atoms with Crippen LogP contribution in [0.3, 0.4) is 0 Å². The molecule has 0 bridgehead atoms. The average molecular weight is 393 g/mol. The van der Waals surface area contributed by atoms with Crippen LogP contribution >= 0.6 is 0 Å². The lowest BCUT2D eigenvalue weighted by atomic mass is 9.73. The number of nitrogens with zero attached hydrogens (tertiary/aromatic N) is 1. The molecular weight excluding hydrogens is 366 g/mol. The van der Waals surface area contributed by atoms with E-state index in [4.69, 9.17) is 4.74 Å². The normalized spacial score (nSPS) is 32.2. The van der Waals surface area contributed by atoms with E-state index in [1.165, 1.54) is 0 Å². The van der Waals surface area contributed by atoms with Gasteiger partial charge in [0.1, 0.15) is 0 Å². The molecule has 0 radical (unpaired) electrons. The lowest BCUT2D eigenvalue weighted by molar-refractivity contribution is -0.136. The van der Waals surface area contributed by atoms with Crippen LogP contribution in [0.1, 0.15) is 51.0 Å². The van der Waals surface area contributed by atoms with Crippen molar-refractivity contribution in [2.45, 2.75) is 56.6 Å². The van der Waals surface area contributed by atoms with Crippen LogP contribution in [-0.2, 0) is 14.3 Å². The van der Waals surface area contributed by atoms with E-state index in [1.54, 1.807) is 6.92 Å². The zero-order valence-corrected chi connectivity index (χ0v) is 16.8. The number of benzene rings is 1. The topological polar surface area (TPSA) is 66.8 Å². The highest BCUT2D eigenvalue weighted by molar-refractivity contribution is 5.89. The summed E-state index contributed by atoms with van der Waals surface area (Å²) in [4.78, 5) is 26.6. The molecule has 3 fully saturated rings. The van der Waals surface area contributed by atoms with Crippen LogP contribution in [0.5, 0.6) is 0 Å². The molecule has 0 aromatic heterocycles. The molecule has 2 heterocycles. The van der Waals surface area contributed by atoms with Gasteiger partial charge in [-0.1, -0.05) is 42.8 Å². The Kier molecular flexibility index (Phi) is 5.23. The van der Waals surface area contributed by atoms with Gasteiger partial charge in [0.25, 0.3) is 0 Å². The summed E-state index contributed by atoms with van der Waals surface area (Å²) < 4.78 is 4.97. The average Bonchev–Trinajstić information content (AvgIpc) is 3.07. The van der Waals surface area contributed by atoms with Crippen molar-refractivity contribution in [2.24, 2.45) is 5.92 Å². The van der Waals surface area contributed by atoms with E-state index >= 15 is 0 Å². The molecule has 4 rings (SSSR count). The van der Waals surface area contributed by atoms with Gasteiger partial charge in [0, 0.05) is 18.9 Å². The van der Waals surface area contributed by atoms with Crippen molar-refractivity contribution in [3.05, 3.63) is 41.5 Å². The fourth-order valence-electron chi connectivity index (χ4n) is 5.48. The van der Waals surface area contributed by atoms with E-state index in [2.05, 4.69) is 11.8 Å². The molecule has 3 aliphatic rings. The molecule has 3 unspecified atom stereocenters. The Morgan fingerprint density at radius 2 is 2.14 bits per heavy atom. The minimum atomic E-state index is -1.56. The first kappa shape index (κ1) is 19.7. The highest BCUT2D eigenvalue weighted by Gasteiger charge is 2.67. The fourth-order valence-corrected chi connectivity index (χ4v) is 5.48. The second-order valence-corrected chi connectivity index (χ2v) is 8.13. The van der Waals surface area contributed by atoms with Crippen molar-refractivity contribution in [3.63, 3.8) is 0 Å². The first-order valence-corrected chi connectivity index (χ1v) is 10.5. The van der Waals surface area contributed by atoms with E-state index < -0.39 is 17.1 Å². The predicted molar refractivity (Wildman–Crippen MR) is 109 cm³/mol. The van der Waals surface area contributed by atoms with Crippen molar-refractivity contribution in [1.82, 2.24) is 4.90 Å². The Hall–Kier alpha value is -2.58. The maximum atomic E-state index is 12.7. The maximum absolute atomic E-state index is 12.7. The third-order valence-corrected chi connectivity index (χ3v) is 6.68. The summed E-state index contributed by atoms with van der Waals surface area (Å²) in [6.45, 7) is 2.59. The molecule has 1 aliphatic carbocycles. The van der Waals surface area contributed by atoms with E-state index in [1.807, 2.05) is 41.3 Å². The number of carbonyl (C=O) groups excluding carboxylic acids is 2. The van der Waals surface area contributed by atoms with Crippen LogP contribution in [0.15, 0.2) is 35.9 Å². The zero-order chi connectivity index (χ0) is 20.5. The smallest absolute Gasteiger partial charge is 0.384 e. The van der Waals surface area contributed by atoms with Crippen LogP contribution in [0.25, 0.3) is 6.08 Å². The number of ether oxygens (including phenoxy) is 1. The van der Waals surface area contributed by atoms with Crippen molar-refractivity contribution in [2.75, 3.05) is 13.2 Å². The van der Waals surface area contributed by atoms with E-state index in [9.17, 15) is 14.7 Å². The Morgan fingerprint density at radius 1 is 1.34 bits per heavy atom. The van der Waals surface area contributed by atoms with E-state index in [0.29, 0.717) is 25.8 Å². The highest BCUT2D eigenvalue weighted by Crippen LogP contribution is 2.58. The summed E-state index contributed by atoms with van der Waals surface area (Å²) >= 11 is 0. The third kappa shape index (κ3) is 3.16. The number of amides is 1. The van der Waals surface area contributed by atoms with Crippen molar-refractivity contribution < 1.29 is 19.4 Å². The lowest BCUT2D eigenvalue weighted by Gasteiger charge is -2.45. The van der Waals surface area contributed by atoms with Crippen LogP contribution in [-0.4, -0.2) is 46.2 Å². The second-order valence-electron chi connectivity index (χ2n) is 8.13.